The van der Waals surface area contributed by atoms with Crippen LogP contribution in [0, 0.1) is 29.1 Å². The summed E-state index contributed by atoms with van der Waals surface area (Å²) in [5.74, 6) is 1.42. The molecule has 2 aliphatic carbocycles. The molecule has 0 spiro atoms. The molecule has 1 saturated heterocycles. The van der Waals surface area contributed by atoms with Crippen molar-refractivity contribution in [2.75, 3.05) is 19.7 Å². The van der Waals surface area contributed by atoms with Crippen LogP contribution in [0.4, 0.5) is 0 Å². The van der Waals surface area contributed by atoms with Gasteiger partial charge in [-0.25, -0.2) is 0 Å². The first-order valence-electron chi connectivity index (χ1n) is 10.2. The lowest BCUT2D eigenvalue weighted by Gasteiger charge is -2.38. The fourth-order valence-corrected chi connectivity index (χ4v) is 4.62. The Bertz CT molecular complexity index is 798. The summed E-state index contributed by atoms with van der Waals surface area (Å²) in [7, 11) is 0. The zero-order valence-corrected chi connectivity index (χ0v) is 16.3. The number of benzene rings is 1. The quantitative estimate of drug-likeness (QED) is 0.849. The number of ether oxygens (including phenoxy) is 1. The van der Waals surface area contributed by atoms with Crippen molar-refractivity contribution in [3.8, 4) is 6.07 Å². The highest BCUT2D eigenvalue weighted by Gasteiger charge is 2.44. The second-order valence-corrected chi connectivity index (χ2v) is 8.52. The average Bonchev–Trinajstić information content (AvgIpc) is 3.43. The van der Waals surface area contributed by atoms with Gasteiger partial charge in [0.25, 0.3) is 5.91 Å². The standard InChI is InChI=1S/C22H27N3O3/c1-14(26)24-20-8-18-11-25(22(27)17-4-2-3-16(7-17)10-23)12-19(18)9-21(20)28-13-15-5-6-15/h2-4,7,15,18-21H,5-6,8-9,11-13H2,1H3,(H,24,26)/t18-,19+,20-,21-/m1/s1. The summed E-state index contributed by atoms with van der Waals surface area (Å²) in [5.41, 5.74) is 1.07. The van der Waals surface area contributed by atoms with Gasteiger partial charge in [-0.3, -0.25) is 9.59 Å². The van der Waals surface area contributed by atoms with E-state index in [0.717, 1.165) is 26.0 Å². The van der Waals surface area contributed by atoms with Crippen LogP contribution in [0.2, 0.25) is 0 Å². The van der Waals surface area contributed by atoms with E-state index in [-0.39, 0.29) is 24.0 Å². The highest BCUT2D eigenvalue weighted by atomic mass is 16.5. The number of hydrogen-bond acceptors (Lipinski definition) is 4. The number of nitrogens with zero attached hydrogens (tertiary/aromatic N) is 2. The van der Waals surface area contributed by atoms with Crippen LogP contribution in [-0.2, 0) is 9.53 Å². The lowest BCUT2D eigenvalue weighted by molar-refractivity contribution is -0.122. The number of fused-ring (bicyclic) bond motifs is 1. The number of nitriles is 1. The summed E-state index contributed by atoms with van der Waals surface area (Å²) in [5, 5.41) is 12.2. The number of amides is 2. The molecule has 148 valence electrons. The van der Waals surface area contributed by atoms with Crippen molar-refractivity contribution in [2.45, 2.75) is 44.8 Å². The minimum absolute atomic E-state index is 0.0157. The van der Waals surface area contributed by atoms with E-state index in [2.05, 4.69) is 11.4 Å². The monoisotopic (exact) mass is 381 g/mol. The Morgan fingerprint density at radius 1 is 1.25 bits per heavy atom. The molecule has 1 aromatic rings. The average molecular weight is 381 g/mol. The van der Waals surface area contributed by atoms with Crippen LogP contribution >= 0.6 is 0 Å². The molecule has 4 atom stereocenters. The molecule has 4 rings (SSSR count). The van der Waals surface area contributed by atoms with E-state index < -0.39 is 0 Å². The third kappa shape index (κ3) is 4.20. The number of nitrogens with one attached hydrogen (secondary N) is 1. The van der Waals surface area contributed by atoms with Crippen LogP contribution < -0.4 is 5.32 Å². The Hall–Kier alpha value is -2.39. The normalized spacial score (nSPS) is 29.1. The fourth-order valence-electron chi connectivity index (χ4n) is 4.62. The van der Waals surface area contributed by atoms with Gasteiger partial charge < -0.3 is 15.0 Å². The van der Waals surface area contributed by atoms with Crippen LogP contribution in [0.25, 0.3) is 0 Å². The highest BCUT2D eigenvalue weighted by molar-refractivity contribution is 5.94. The number of carbonyl (C=O) groups is 2. The highest BCUT2D eigenvalue weighted by Crippen LogP contribution is 2.39. The van der Waals surface area contributed by atoms with Crippen LogP contribution in [0.3, 0.4) is 0 Å². The van der Waals surface area contributed by atoms with Crippen molar-refractivity contribution < 1.29 is 14.3 Å². The first-order valence-corrected chi connectivity index (χ1v) is 10.2. The van der Waals surface area contributed by atoms with E-state index >= 15 is 0 Å². The van der Waals surface area contributed by atoms with Crippen molar-refractivity contribution in [2.24, 2.45) is 17.8 Å². The predicted octanol–water partition coefficient (Wildman–Crippen LogP) is 2.34. The Labute approximate surface area is 165 Å². The third-order valence-electron chi connectivity index (χ3n) is 6.27. The molecular weight excluding hydrogens is 354 g/mol. The van der Waals surface area contributed by atoms with Crippen LogP contribution in [0.15, 0.2) is 24.3 Å². The van der Waals surface area contributed by atoms with Crippen molar-refractivity contribution >= 4 is 11.8 Å². The van der Waals surface area contributed by atoms with E-state index in [1.807, 2.05) is 4.90 Å². The van der Waals surface area contributed by atoms with Gasteiger partial charge in [0.15, 0.2) is 0 Å². The second-order valence-electron chi connectivity index (χ2n) is 8.52. The SMILES string of the molecule is CC(=O)N[C@@H]1C[C@@H]2CN(C(=O)c3cccc(C#N)c3)C[C@@H]2C[C@H]1OCC1CC1. The van der Waals surface area contributed by atoms with Gasteiger partial charge in [-0.15, -0.1) is 0 Å². The molecule has 0 unspecified atom stereocenters. The zero-order chi connectivity index (χ0) is 19.7. The molecule has 1 heterocycles. The summed E-state index contributed by atoms with van der Waals surface area (Å²) in [6, 6.07) is 9.01. The summed E-state index contributed by atoms with van der Waals surface area (Å²) >= 11 is 0. The number of rotatable bonds is 5. The van der Waals surface area contributed by atoms with Gasteiger partial charge in [-0.1, -0.05) is 6.07 Å². The maximum atomic E-state index is 12.9. The van der Waals surface area contributed by atoms with Gasteiger partial charge in [-0.05, 0) is 61.6 Å². The van der Waals surface area contributed by atoms with Crippen LogP contribution in [-0.4, -0.2) is 48.6 Å². The van der Waals surface area contributed by atoms with Crippen molar-refractivity contribution in [3.63, 3.8) is 0 Å². The van der Waals surface area contributed by atoms with Crippen LogP contribution in [0.5, 0.6) is 0 Å². The van der Waals surface area contributed by atoms with Gasteiger partial charge in [-0.2, -0.15) is 5.26 Å². The van der Waals surface area contributed by atoms with Crippen molar-refractivity contribution in [1.82, 2.24) is 10.2 Å². The number of carbonyl (C=O) groups excluding carboxylic acids is 2. The zero-order valence-electron chi connectivity index (χ0n) is 16.3. The number of hydrogen-bond donors (Lipinski definition) is 1. The Kier molecular flexibility index (Phi) is 5.36. The van der Waals surface area contributed by atoms with Crippen LogP contribution in [0.1, 0.15) is 48.5 Å². The molecule has 28 heavy (non-hydrogen) atoms. The molecule has 3 fully saturated rings. The maximum Gasteiger partial charge on any atom is 0.253 e. The third-order valence-corrected chi connectivity index (χ3v) is 6.27. The molecule has 0 aromatic heterocycles. The molecule has 1 N–H and O–H groups in total. The van der Waals surface area contributed by atoms with E-state index in [9.17, 15) is 9.59 Å². The van der Waals surface area contributed by atoms with E-state index in [1.54, 1.807) is 31.2 Å². The minimum Gasteiger partial charge on any atom is -0.376 e. The maximum absolute atomic E-state index is 12.9. The number of likely N-dealkylation sites (tertiary alicyclic amines) is 1. The van der Waals surface area contributed by atoms with Gasteiger partial charge in [0, 0.05) is 32.2 Å². The van der Waals surface area contributed by atoms with Crippen molar-refractivity contribution in [3.05, 3.63) is 35.4 Å². The molecule has 0 bridgehead atoms. The molecule has 1 aromatic carbocycles. The summed E-state index contributed by atoms with van der Waals surface area (Å²) in [4.78, 5) is 26.5. The fraction of sp³-hybridized carbons (Fsp3) is 0.591. The molecule has 1 aliphatic heterocycles. The predicted molar refractivity (Wildman–Crippen MR) is 103 cm³/mol. The van der Waals surface area contributed by atoms with Gasteiger partial charge in [0.05, 0.1) is 23.8 Å². The Morgan fingerprint density at radius 2 is 2.00 bits per heavy atom. The largest absolute Gasteiger partial charge is 0.376 e. The second kappa shape index (κ2) is 7.92. The lowest BCUT2D eigenvalue weighted by atomic mass is 9.77. The molecular formula is C22H27N3O3. The Morgan fingerprint density at radius 3 is 2.68 bits per heavy atom. The van der Waals surface area contributed by atoms with Gasteiger partial charge >= 0.3 is 0 Å². The van der Waals surface area contributed by atoms with Gasteiger partial charge in [0.1, 0.15) is 0 Å². The molecule has 3 aliphatic rings. The molecule has 6 heteroatoms. The molecule has 2 saturated carbocycles. The van der Waals surface area contributed by atoms with Crippen molar-refractivity contribution in [1.29, 1.82) is 5.26 Å². The smallest absolute Gasteiger partial charge is 0.253 e. The molecule has 2 amide bonds. The lowest BCUT2D eigenvalue weighted by Crippen LogP contribution is -2.50. The van der Waals surface area contributed by atoms with E-state index in [1.165, 1.54) is 12.8 Å². The van der Waals surface area contributed by atoms with E-state index in [4.69, 9.17) is 10.00 Å². The van der Waals surface area contributed by atoms with Gasteiger partial charge in [0.2, 0.25) is 5.91 Å². The molecule has 0 radical (unpaired) electrons. The Balaban J connectivity index is 1.43. The molecule has 6 nitrogen and oxygen atoms in total. The summed E-state index contributed by atoms with van der Waals surface area (Å²) in [6.45, 7) is 3.75. The minimum atomic E-state index is -0.0253. The first kappa shape index (κ1) is 18.9. The van der Waals surface area contributed by atoms with E-state index in [0.29, 0.717) is 35.4 Å². The topological polar surface area (TPSA) is 82.4 Å². The summed E-state index contributed by atoms with van der Waals surface area (Å²) in [6.07, 6.45) is 4.25. The summed E-state index contributed by atoms with van der Waals surface area (Å²) < 4.78 is 6.18. The first-order chi connectivity index (χ1) is 13.5.